The number of aliphatic carboxylic acids is 1. The Bertz CT molecular complexity index is 943. The SMILES string of the molecule is C=C(CO)[C@@H]1CC[C@]2(C(=O)O)CC[C@]3(C)[C@H](CC[C@@H]4[C@@]5(C)CCC(=O)[C@@](C)(CO)[C@@H]5CC[C@]43C)[C@@H]12. The molecule has 0 amide bonds. The number of Topliss-reactive ketones (excluding diaryl/α,β-unsaturated/α-hetero) is 1. The van der Waals surface area contributed by atoms with Crippen LogP contribution in [0.15, 0.2) is 12.2 Å². The van der Waals surface area contributed by atoms with E-state index >= 15 is 0 Å². The van der Waals surface area contributed by atoms with E-state index in [9.17, 15) is 24.9 Å². The molecule has 10 atom stereocenters. The van der Waals surface area contributed by atoms with E-state index in [0.717, 1.165) is 50.5 Å². The lowest BCUT2D eigenvalue weighted by atomic mass is 9.32. The van der Waals surface area contributed by atoms with Gasteiger partial charge in [-0.1, -0.05) is 34.3 Å². The van der Waals surface area contributed by atoms with Crippen molar-refractivity contribution in [2.24, 2.45) is 56.7 Å². The van der Waals surface area contributed by atoms with Crippen molar-refractivity contribution in [3.8, 4) is 0 Å². The second-order valence-electron chi connectivity index (χ2n) is 14.1. The van der Waals surface area contributed by atoms with Gasteiger partial charge in [0.15, 0.2) is 0 Å². The number of fused-ring (bicyclic) bond motifs is 7. The number of carbonyl (C=O) groups is 2. The van der Waals surface area contributed by atoms with Crippen molar-refractivity contribution in [2.45, 2.75) is 91.9 Å². The second kappa shape index (κ2) is 7.90. The Morgan fingerprint density at radius 1 is 0.914 bits per heavy atom. The van der Waals surface area contributed by atoms with Crippen LogP contribution >= 0.6 is 0 Å². The Balaban J connectivity index is 1.57. The largest absolute Gasteiger partial charge is 0.481 e. The summed E-state index contributed by atoms with van der Waals surface area (Å²) in [7, 11) is 0. The van der Waals surface area contributed by atoms with Crippen molar-refractivity contribution < 1.29 is 24.9 Å². The van der Waals surface area contributed by atoms with Gasteiger partial charge in [0.1, 0.15) is 5.78 Å². The first-order chi connectivity index (χ1) is 16.4. The summed E-state index contributed by atoms with van der Waals surface area (Å²) in [5.41, 5.74) is -0.428. The molecule has 0 aliphatic heterocycles. The molecule has 5 saturated carbocycles. The number of rotatable bonds is 4. The third-order valence-electron chi connectivity index (χ3n) is 13.5. The summed E-state index contributed by atoms with van der Waals surface area (Å²) in [6.45, 7) is 13.4. The predicted molar refractivity (Wildman–Crippen MR) is 134 cm³/mol. The molecule has 5 nitrogen and oxygen atoms in total. The van der Waals surface area contributed by atoms with Gasteiger partial charge in [0.05, 0.1) is 24.0 Å². The van der Waals surface area contributed by atoms with Crippen LogP contribution in [0.4, 0.5) is 0 Å². The lowest BCUT2D eigenvalue weighted by Gasteiger charge is -2.72. The zero-order chi connectivity index (χ0) is 25.6. The standard InChI is InChI=1S/C30H46O5/c1-18(16-31)19-8-13-30(25(34)35)15-14-28(4)20(24(19)30)6-7-22-26(2)11-10-23(33)27(3,17-32)21(26)9-12-29(22,28)5/h19-22,24,31-32H,1,6-17H2,2-5H3,(H,34,35)/t19-,20+,21+,22+,24+,26-,27-,28+,29+,30-/m0/s1. The molecule has 5 fully saturated rings. The van der Waals surface area contributed by atoms with Crippen LogP contribution in [0.2, 0.25) is 0 Å². The van der Waals surface area contributed by atoms with Crippen molar-refractivity contribution in [1.29, 1.82) is 0 Å². The maximum absolute atomic E-state index is 13.0. The Labute approximate surface area is 210 Å². The molecular formula is C30H46O5. The van der Waals surface area contributed by atoms with Crippen molar-refractivity contribution >= 4 is 11.8 Å². The highest BCUT2D eigenvalue weighted by atomic mass is 16.4. The van der Waals surface area contributed by atoms with Crippen LogP contribution in [-0.4, -0.2) is 40.3 Å². The topological polar surface area (TPSA) is 94.8 Å². The Morgan fingerprint density at radius 2 is 1.63 bits per heavy atom. The average Bonchev–Trinajstić information content (AvgIpc) is 3.23. The summed E-state index contributed by atoms with van der Waals surface area (Å²) in [5, 5.41) is 30.8. The molecule has 196 valence electrons. The summed E-state index contributed by atoms with van der Waals surface area (Å²) in [4.78, 5) is 25.8. The lowest BCUT2D eigenvalue weighted by Crippen LogP contribution is -2.67. The fourth-order valence-corrected chi connectivity index (χ4v) is 11.4. The average molecular weight is 487 g/mol. The number of ketones is 1. The van der Waals surface area contributed by atoms with Gasteiger partial charge in [0.2, 0.25) is 0 Å². The minimum Gasteiger partial charge on any atom is -0.481 e. The van der Waals surface area contributed by atoms with Gasteiger partial charge in [0, 0.05) is 6.42 Å². The minimum absolute atomic E-state index is 0.0114. The van der Waals surface area contributed by atoms with Gasteiger partial charge < -0.3 is 15.3 Å². The molecule has 0 unspecified atom stereocenters. The van der Waals surface area contributed by atoms with E-state index in [2.05, 4.69) is 27.4 Å². The molecule has 0 spiro atoms. The summed E-state index contributed by atoms with van der Waals surface area (Å²) in [6.07, 6.45) is 8.68. The first kappa shape index (κ1) is 25.4. The van der Waals surface area contributed by atoms with Gasteiger partial charge in [-0.2, -0.15) is 0 Å². The molecule has 35 heavy (non-hydrogen) atoms. The van der Waals surface area contributed by atoms with Crippen LogP contribution in [0.5, 0.6) is 0 Å². The highest BCUT2D eigenvalue weighted by Crippen LogP contribution is 2.77. The second-order valence-corrected chi connectivity index (χ2v) is 14.1. The summed E-state index contributed by atoms with van der Waals surface area (Å²) < 4.78 is 0. The van der Waals surface area contributed by atoms with Gasteiger partial charge in [-0.15, -0.1) is 0 Å². The molecule has 0 radical (unpaired) electrons. The molecule has 5 rings (SSSR count). The quantitative estimate of drug-likeness (QED) is 0.472. The number of hydrogen-bond acceptors (Lipinski definition) is 4. The predicted octanol–water partition coefficient (Wildman–Crippen LogP) is 5.24. The van der Waals surface area contributed by atoms with Gasteiger partial charge in [-0.25, -0.2) is 0 Å². The van der Waals surface area contributed by atoms with Crippen molar-refractivity contribution in [3.63, 3.8) is 0 Å². The van der Waals surface area contributed by atoms with Gasteiger partial charge in [-0.3, -0.25) is 9.59 Å². The van der Waals surface area contributed by atoms with Crippen LogP contribution in [0.3, 0.4) is 0 Å². The van der Waals surface area contributed by atoms with Crippen LogP contribution < -0.4 is 0 Å². The zero-order valence-corrected chi connectivity index (χ0v) is 22.2. The van der Waals surface area contributed by atoms with Crippen molar-refractivity contribution in [1.82, 2.24) is 0 Å². The molecule has 5 aliphatic rings. The molecule has 0 aromatic rings. The van der Waals surface area contributed by atoms with E-state index in [-0.39, 0.29) is 53.0 Å². The third-order valence-corrected chi connectivity index (χ3v) is 13.5. The monoisotopic (exact) mass is 486 g/mol. The normalized spacial score (nSPS) is 53.2. The van der Waals surface area contributed by atoms with Crippen molar-refractivity contribution in [3.05, 3.63) is 12.2 Å². The zero-order valence-electron chi connectivity index (χ0n) is 22.2. The summed E-state index contributed by atoms with van der Waals surface area (Å²) >= 11 is 0. The van der Waals surface area contributed by atoms with Gasteiger partial charge in [-0.05, 0) is 109 Å². The number of aliphatic hydroxyl groups excluding tert-OH is 2. The number of carbonyl (C=O) groups excluding carboxylic acids is 1. The van der Waals surface area contributed by atoms with E-state index < -0.39 is 16.8 Å². The van der Waals surface area contributed by atoms with E-state index in [4.69, 9.17) is 0 Å². The van der Waals surface area contributed by atoms with E-state index in [1.54, 1.807) is 0 Å². The maximum atomic E-state index is 13.0. The third kappa shape index (κ3) is 2.94. The van der Waals surface area contributed by atoms with E-state index in [1.807, 2.05) is 6.92 Å². The Kier molecular flexibility index (Phi) is 5.74. The van der Waals surface area contributed by atoms with E-state index in [0.29, 0.717) is 31.1 Å². The number of carboxylic acids is 1. The fourth-order valence-electron chi connectivity index (χ4n) is 11.4. The first-order valence-electron chi connectivity index (χ1n) is 14.0. The molecule has 5 aliphatic carbocycles. The highest BCUT2D eigenvalue weighted by Gasteiger charge is 2.72. The van der Waals surface area contributed by atoms with Crippen LogP contribution in [0.1, 0.15) is 91.9 Å². The number of carboxylic acid groups (broad SMARTS) is 1. The maximum Gasteiger partial charge on any atom is 0.309 e. The smallest absolute Gasteiger partial charge is 0.309 e. The number of hydrogen-bond donors (Lipinski definition) is 3. The summed E-state index contributed by atoms with van der Waals surface area (Å²) in [5.74, 6) is 0.673. The number of aliphatic hydroxyl groups is 2. The molecule has 0 bridgehead atoms. The van der Waals surface area contributed by atoms with E-state index in [1.165, 1.54) is 0 Å². The molecule has 3 N–H and O–H groups in total. The summed E-state index contributed by atoms with van der Waals surface area (Å²) in [6, 6.07) is 0. The van der Waals surface area contributed by atoms with Crippen LogP contribution in [-0.2, 0) is 9.59 Å². The lowest BCUT2D eigenvalue weighted by molar-refractivity contribution is -0.238. The van der Waals surface area contributed by atoms with Gasteiger partial charge >= 0.3 is 5.97 Å². The fraction of sp³-hybridized carbons (Fsp3) is 0.867. The molecule has 0 heterocycles. The Hall–Kier alpha value is -1.20. The minimum atomic E-state index is -0.691. The highest BCUT2D eigenvalue weighted by molar-refractivity contribution is 5.86. The first-order valence-corrected chi connectivity index (χ1v) is 14.0. The molecular weight excluding hydrogens is 440 g/mol. The Morgan fingerprint density at radius 3 is 2.26 bits per heavy atom. The van der Waals surface area contributed by atoms with Crippen molar-refractivity contribution in [2.75, 3.05) is 13.2 Å². The van der Waals surface area contributed by atoms with Crippen LogP contribution in [0.25, 0.3) is 0 Å². The van der Waals surface area contributed by atoms with Gasteiger partial charge in [0.25, 0.3) is 0 Å². The molecule has 0 aromatic heterocycles. The molecule has 0 saturated heterocycles. The molecule has 5 heteroatoms. The molecule has 0 aromatic carbocycles. The van der Waals surface area contributed by atoms with Crippen LogP contribution in [0, 0.1) is 56.7 Å².